The van der Waals surface area contributed by atoms with Crippen LogP contribution < -0.4 is 10.5 Å². The number of anilines is 1. The number of carbonyl (C=O) groups excluding carboxylic acids is 2. The van der Waals surface area contributed by atoms with Crippen molar-refractivity contribution in [3.05, 3.63) is 45.2 Å². The van der Waals surface area contributed by atoms with Crippen molar-refractivity contribution < 1.29 is 19.1 Å². The molecule has 0 atom stereocenters. The molecule has 0 bridgehead atoms. The third kappa shape index (κ3) is 5.90. The highest BCUT2D eigenvalue weighted by atomic mass is 79.9. The topological polar surface area (TPSA) is 102 Å². The molecule has 0 fully saturated rings. The third-order valence-corrected chi connectivity index (χ3v) is 4.07. The minimum absolute atomic E-state index is 0.157. The highest BCUT2D eigenvalue weighted by Crippen LogP contribution is 2.33. The number of carbonyl (C=O) groups is 2. The standard InChI is InChI=1S/C20H24BrN3O5/c1-19(2,3)28-17(26)24(18(27)29-20(4,5)6)15-13(21)14(22-23-16(15)25)12-10-8-7-9-11-12/h7-11H,1-6H3,(H,23,25). The molecule has 2 amide bonds. The lowest BCUT2D eigenvalue weighted by Crippen LogP contribution is -2.46. The van der Waals surface area contributed by atoms with Crippen molar-refractivity contribution >= 4 is 33.8 Å². The maximum Gasteiger partial charge on any atom is 0.424 e. The number of hydrogen-bond acceptors (Lipinski definition) is 6. The summed E-state index contributed by atoms with van der Waals surface area (Å²) in [5.74, 6) is 0. The molecule has 0 unspecified atom stereocenters. The van der Waals surface area contributed by atoms with Gasteiger partial charge in [-0.1, -0.05) is 30.3 Å². The molecule has 0 radical (unpaired) electrons. The summed E-state index contributed by atoms with van der Waals surface area (Å²) in [6.45, 7) is 9.91. The number of amides is 2. The largest absolute Gasteiger partial charge is 0.443 e. The summed E-state index contributed by atoms with van der Waals surface area (Å²) in [6, 6.07) is 8.99. The Labute approximate surface area is 177 Å². The van der Waals surface area contributed by atoms with E-state index in [1.54, 1.807) is 65.8 Å². The SMILES string of the molecule is CC(C)(C)OC(=O)N(C(=O)OC(C)(C)C)c1c(Br)c(-c2ccccc2)n[nH]c1=O. The molecule has 8 nitrogen and oxygen atoms in total. The Morgan fingerprint density at radius 3 is 1.90 bits per heavy atom. The predicted molar refractivity (Wildman–Crippen MR) is 113 cm³/mol. The number of aromatic amines is 1. The number of ether oxygens (including phenoxy) is 2. The Hall–Kier alpha value is -2.68. The molecule has 0 spiro atoms. The van der Waals surface area contributed by atoms with Crippen LogP contribution in [-0.2, 0) is 9.47 Å². The van der Waals surface area contributed by atoms with Gasteiger partial charge in [-0.3, -0.25) is 4.79 Å². The lowest BCUT2D eigenvalue weighted by Gasteiger charge is -2.28. The van der Waals surface area contributed by atoms with Gasteiger partial charge in [-0.25, -0.2) is 14.7 Å². The number of nitrogens with zero attached hydrogens (tertiary/aromatic N) is 2. The van der Waals surface area contributed by atoms with E-state index in [1.165, 1.54) is 0 Å². The molecule has 0 aliphatic carbocycles. The van der Waals surface area contributed by atoms with E-state index in [0.717, 1.165) is 0 Å². The molecule has 2 aromatic rings. The molecule has 29 heavy (non-hydrogen) atoms. The van der Waals surface area contributed by atoms with Crippen LogP contribution >= 0.6 is 15.9 Å². The molecule has 0 aliphatic rings. The first kappa shape index (κ1) is 22.6. The molecule has 0 saturated carbocycles. The van der Waals surface area contributed by atoms with Crippen LogP contribution in [0.5, 0.6) is 0 Å². The number of halogens is 1. The van der Waals surface area contributed by atoms with Gasteiger partial charge in [-0.2, -0.15) is 10.00 Å². The van der Waals surface area contributed by atoms with Crippen molar-refractivity contribution in [2.75, 3.05) is 4.90 Å². The van der Waals surface area contributed by atoms with Crippen LogP contribution in [0.25, 0.3) is 11.3 Å². The van der Waals surface area contributed by atoms with Gasteiger partial charge in [-0.15, -0.1) is 0 Å². The first-order valence-electron chi connectivity index (χ1n) is 8.90. The molecular weight excluding hydrogens is 442 g/mol. The zero-order valence-electron chi connectivity index (χ0n) is 17.2. The van der Waals surface area contributed by atoms with E-state index >= 15 is 0 Å². The van der Waals surface area contributed by atoms with Gasteiger partial charge in [0.05, 0.1) is 4.47 Å². The van der Waals surface area contributed by atoms with Gasteiger partial charge in [-0.05, 0) is 57.5 Å². The number of rotatable bonds is 2. The van der Waals surface area contributed by atoms with Crippen LogP contribution in [0.4, 0.5) is 15.3 Å². The minimum Gasteiger partial charge on any atom is -0.443 e. The van der Waals surface area contributed by atoms with Crippen LogP contribution in [0, 0.1) is 0 Å². The van der Waals surface area contributed by atoms with Gasteiger partial charge in [0, 0.05) is 5.56 Å². The number of nitrogens with one attached hydrogen (secondary N) is 1. The highest BCUT2D eigenvalue weighted by molar-refractivity contribution is 9.10. The second-order valence-electron chi connectivity index (χ2n) is 8.23. The Balaban J connectivity index is 2.65. The maximum atomic E-state index is 12.8. The molecule has 1 N–H and O–H groups in total. The van der Waals surface area contributed by atoms with E-state index in [4.69, 9.17) is 9.47 Å². The fourth-order valence-electron chi connectivity index (χ4n) is 2.28. The number of hydrogen-bond donors (Lipinski definition) is 1. The summed E-state index contributed by atoms with van der Waals surface area (Å²) in [7, 11) is 0. The minimum atomic E-state index is -1.04. The number of imide groups is 1. The highest BCUT2D eigenvalue weighted by Gasteiger charge is 2.36. The van der Waals surface area contributed by atoms with Crippen LogP contribution in [-0.4, -0.2) is 33.6 Å². The van der Waals surface area contributed by atoms with E-state index in [-0.39, 0.29) is 10.2 Å². The van der Waals surface area contributed by atoms with Crippen molar-refractivity contribution in [2.24, 2.45) is 0 Å². The van der Waals surface area contributed by atoms with Crippen molar-refractivity contribution in [1.82, 2.24) is 10.2 Å². The lowest BCUT2D eigenvalue weighted by atomic mass is 10.1. The molecular formula is C20H24BrN3O5. The molecule has 2 rings (SSSR count). The zero-order valence-corrected chi connectivity index (χ0v) is 18.8. The van der Waals surface area contributed by atoms with Gasteiger partial charge in [0.15, 0.2) is 0 Å². The second kappa shape index (κ2) is 8.36. The Kier molecular flexibility index (Phi) is 6.52. The molecule has 9 heteroatoms. The summed E-state index contributed by atoms with van der Waals surface area (Å²) in [5, 5.41) is 6.37. The quantitative estimate of drug-likeness (QED) is 0.677. The van der Waals surface area contributed by atoms with E-state index < -0.39 is 28.9 Å². The number of benzene rings is 1. The van der Waals surface area contributed by atoms with E-state index in [0.29, 0.717) is 16.2 Å². The van der Waals surface area contributed by atoms with Crippen LogP contribution in [0.3, 0.4) is 0 Å². The molecule has 156 valence electrons. The third-order valence-electron chi connectivity index (χ3n) is 3.32. The summed E-state index contributed by atoms with van der Waals surface area (Å²) < 4.78 is 10.8. The fraction of sp³-hybridized carbons (Fsp3) is 0.400. The summed E-state index contributed by atoms with van der Waals surface area (Å²) in [5.41, 5.74) is -1.81. The Bertz CT molecular complexity index is 931. The summed E-state index contributed by atoms with van der Waals surface area (Å²) >= 11 is 3.33. The van der Waals surface area contributed by atoms with Crippen molar-refractivity contribution in [1.29, 1.82) is 0 Å². The molecule has 1 heterocycles. The molecule has 1 aromatic carbocycles. The normalized spacial score (nSPS) is 11.7. The second-order valence-corrected chi connectivity index (χ2v) is 9.02. The first-order chi connectivity index (χ1) is 13.3. The van der Waals surface area contributed by atoms with Crippen molar-refractivity contribution in [3.63, 3.8) is 0 Å². The van der Waals surface area contributed by atoms with Crippen LogP contribution in [0.1, 0.15) is 41.5 Å². The van der Waals surface area contributed by atoms with Gasteiger partial charge in [0.1, 0.15) is 22.6 Å². The average molecular weight is 466 g/mol. The van der Waals surface area contributed by atoms with E-state index in [9.17, 15) is 14.4 Å². The average Bonchev–Trinajstić information content (AvgIpc) is 2.56. The van der Waals surface area contributed by atoms with Gasteiger partial charge >= 0.3 is 12.2 Å². The van der Waals surface area contributed by atoms with E-state index in [2.05, 4.69) is 26.1 Å². The van der Waals surface area contributed by atoms with Gasteiger partial charge < -0.3 is 9.47 Å². The predicted octanol–water partition coefficient (Wildman–Crippen LogP) is 4.88. The lowest BCUT2D eigenvalue weighted by molar-refractivity contribution is 0.0429. The van der Waals surface area contributed by atoms with Gasteiger partial charge in [0.2, 0.25) is 0 Å². The fourth-order valence-corrected chi connectivity index (χ4v) is 2.95. The molecule has 0 aliphatic heterocycles. The van der Waals surface area contributed by atoms with Crippen LogP contribution in [0.2, 0.25) is 0 Å². The summed E-state index contributed by atoms with van der Waals surface area (Å²) in [6.07, 6.45) is -2.08. The number of H-pyrrole nitrogens is 1. The van der Waals surface area contributed by atoms with Crippen LogP contribution in [0.15, 0.2) is 39.6 Å². The van der Waals surface area contributed by atoms with Crippen molar-refractivity contribution in [2.45, 2.75) is 52.7 Å². The van der Waals surface area contributed by atoms with Crippen molar-refractivity contribution in [3.8, 4) is 11.3 Å². The zero-order chi connectivity index (χ0) is 22.0. The van der Waals surface area contributed by atoms with Gasteiger partial charge in [0.25, 0.3) is 5.56 Å². The monoisotopic (exact) mass is 465 g/mol. The van der Waals surface area contributed by atoms with E-state index in [1.807, 2.05) is 6.07 Å². The molecule has 1 aromatic heterocycles. The first-order valence-corrected chi connectivity index (χ1v) is 9.69. The summed E-state index contributed by atoms with van der Waals surface area (Å²) in [4.78, 5) is 38.9. The maximum absolute atomic E-state index is 12.8. The smallest absolute Gasteiger partial charge is 0.424 e. The number of aromatic nitrogens is 2. The Morgan fingerprint density at radius 1 is 0.966 bits per heavy atom. The Morgan fingerprint density at radius 2 is 1.45 bits per heavy atom. The molecule has 0 saturated heterocycles.